The number of rotatable bonds is 2. The number of hydrogen-bond acceptors (Lipinski definition) is 3. The lowest BCUT2D eigenvalue weighted by molar-refractivity contribution is 0.0985. The Morgan fingerprint density at radius 3 is 3.00 bits per heavy atom. The highest BCUT2D eigenvalue weighted by Crippen LogP contribution is 1.96. The summed E-state index contributed by atoms with van der Waals surface area (Å²) in [4.78, 5) is 10.9. The molecule has 0 saturated heterocycles. The Bertz CT molecular complexity index is 260. The van der Waals surface area contributed by atoms with E-state index in [9.17, 15) is 4.79 Å². The van der Waals surface area contributed by atoms with Crippen LogP contribution in [0.4, 0.5) is 0 Å². The first-order valence-electron chi connectivity index (χ1n) is 2.65. The van der Waals surface area contributed by atoms with E-state index in [1.54, 1.807) is 33.7 Å². The highest BCUT2D eigenvalue weighted by atomic mass is 127. The van der Waals surface area contributed by atoms with Crippen LogP contribution in [0.15, 0.2) is 6.20 Å². The van der Waals surface area contributed by atoms with Crippen molar-refractivity contribution in [1.82, 2.24) is 18.5 Å². The van der Waals surface area contributed by atoms with Gasteiger partial charge >= 0.3 is 0 Å². The first-order chi connectivity index (χ1) is 5.27. The summed E-state index contributed by atoms with van der Waals surface area (Å²) in [6.45, 7) is 0. The van der Waals surface area contributed by atoms with Gasteiger partial charge in [0.2, 0.25) is 0 Å². The van der Waals surface area contributed by atoms with E-state index in [4.69, 9.17) is 0 Å². The van der Waals surface area contributed by atoms with E-state index in [0.29, 0.717) is 10.2 Å². The van der Waals surface area contributed by atoms with Crippen LogP contribution in [-0.2, 0) is 4.55 Å². The number of aromatic nitrogens is 3. The molecular weight excluding hydrogens is 374 g/mol. The second-order valence-electron chi connectivity index (χ2n) is 1.69. The van der Waals surface area contributed by atoms with Crippen molar-refractivity contribution in [2.75, 3.05) is 0 Å². The maximum Gasteiger partial charge on any atom is 0.282 e. The fourth-order valence-corrected chi connectivity index (χ4v) is 1.12. The number of carbonyl (C=O) groups excluding carboxylic acids is 1. The van der Waals surface area contributed by atoms with Gasteiger partial charge in [0, 0.05) is 0 Å². The van der Waals surface area contributed by atoms with Crippen molar-refractivity contribution in [1.29, 1.82) is 0 Å². The van der Waals surface area contributed by atoms with Gasteiger partial charge in [-0.25, -0.2) is 4.68 Å². The maximum absolute atomic E-state index is 10.9. The summed E-state index contributed by atoms with van der Waals surface area (Å²) in [5, 5.41) is 7.35. The summed E-state index contributed by atoms with van der Waals surface area (Å²) < 4.78 is 4.71. The van der Waals surface area contributed by atoms with E-state index in [1.807, 2.05) is 0 Å². The largest absolute Gasteiger partial charge is 0.293 e. The predicted molar refractivity (Wildman–Crippen MR) is 55.5 cm³/mol. The molecule has 0 spiro atoms. The maximum atomic E-state index is 10.9. The highest BCUT2D eigenvalue weighted by molar-refractivity contribution is 14.1. The van der Waals surface area contributed by atoms with E-state index in [-0.39, 0.29) is 5.91 Å². The van der Waals surface area contributed by atoms with Gasteiger partial charge in [0.05, 0.1) is 33.6 Å². The Hall–Kier alpha value is 0.0700. The molecule has 0 bridgehead atoms. The smallest absolute Gasteiger partial charge is 0.282 e. The third kappa shape index (κ3) is 2.25. The zero-order valence-corrected chi connectivity index (χ0v) is 9.61. The van der Waals surface area contributed by atoms with E-state index < -0.39 is 0 Å². The Balaban J connectivity index is 2.80. The number of alkyl halides is 1. The lowest BCUT2D eigenvalue weighted by Gasteiger charge is -1.88. The molecule has 1 N–H and O–H groups in total. The molecule has 1 amide bonds. The van der Waals surface area contributed by atoms with Crippen LogP contribution in [0.3, 0.4) is 0 Å². The van der Waals surface area contributed by atoms with Crippen molar-refractivity contribution in [3.8, 4) is 0 Å². The lowest BCUT2D eigenvalue weighted by Crippen LogP contribution is -2.11. The van der Waals surface area contributed by atoms with Crippen LogP contribution in [0.1, 0.15) is 10.5 Å². The topological polar surface area (TPSA) is 59.8 Å². The summed E-state index contributed by atoms with van der Waals surface area (Å²) in [5.74, 6) is -0.221. The number of nitrogens with one attached hydrogen (secondary N) is 1. The van der Waals surface area contributed by atoms with Gasteiger partial charge in [-0.2, -0.15) is 0 Å². The van der Waals surface area contributed by atoms with Crippen LogP contribution in [0, 0.1) is 0 Å². The summed E-state index contributed by atoms with van der Waals surface area (Å²) in [6, 6.07) is 0. The minimum Gasteiger partial charge on any atom is -0.293 e. The van der Waals surface area contributed by atoms with Gasteiger partial charge in [0.1, 0.15) is 0 Å². The number of carbonyl (C=O) groups is 1. The number of amides is 1. The number of halogens is 2. The Kier molecular flexibility index (Phi) is 3.48. The van der Waals surface area contributed by atoms with Crippen LogP contribution in [-0.4, -0.2) is 20.9 Å². The first-order valence-corrected chi connectivity index (χ1v) is 5.25. The number of nitrogens with zero attached hydrogens (tertiary/aromatic N) is 3. The third-order valence-corrected chi connectivity index (χ3v) is 2.17. The molecule has 0 aliphatic rings. The lowest BCUT2D eigenvalue weighted by atomic mass is 10.5. The average Bonchev–Trinajstić information content (AvgIpc) is 2.50. The van der Waals surface area contributed by atoms with E-state index in [1.165, 1.54) is 0 Å². The van der Waals surface area contributed by atoms with Gasteiger partial charge in [0.25, 0.3) is 5.91 Å². The second kappa shape index (κ2) is 4.18. The van der Waals surface area contributed by atoms with E-state index in [2.05, 4.69) is 36.4 Å². The van der Waals surface area contributed by atoms with Crippen molar-refractivity contribution >= 4 is 51.4 Å². The molecule has 5 nitrogen and oxygen atoms in total. The quantitative estimate of drug-likeness (QED) is 0.470. The molecule has 1 rings (SSSR count). The molecule has 0 fully saturated rings. The van der Waals surface area contributed by atoms with E-state index in [0.717, 1.165) is 0 Å². The molecule has 11 heavy (non-hydrogen) atoms. The zero-order valence-electron chi connectivity index (χ0n) is 5.29. The van der Waals surface area contributed by atoms with Gasteiger partial charge in [-0.3, -0.25) is 8.32 Å². The van der Waals surface area contributed by atoms with Gasteiger partial charge in [-0.1, -0.05) is 27.8 Å². The van der Waals surface area contributed by atoms with Crippen LogP contribution in [0.25, 0.3) is 0 Å². The normalized spacial score (nSPS) is 9.64. The third-order valence-electron chi connectivity index (χ3n) is 0.980. The molecule has 1 aromatic rings. The molecule has 0 aliphatic heterocycles. The van der Waals surface area contributed by atoms with Crippen molar-refractivity contribution in [3.63, 3.8) is 0 Å². The Morgan fingerprint density at radius 1 is 1.82 bits per heavy atom. The van der Waals surface area contributed by atoms with Crippen molar-refractivity contribution in [2.24, 2.45) is 0 Å². The zero-order chi connectivity index (χ0) is 8.27. The van der Waals surface area contributed by atoms with E-state index >= 15 is 0 Å². The standard InChI is InChI=1S/C4H4I2N4O/c5-2-10-1-3(8-9-10)4(11)7-6/h1H,2H2,(H,7,11). The van der Waals surface area contributed by atoms with Crippen LogP contribution in [0.5, 0.6) is 0 Å². The second-order valence-corrected chi connectivity index (χ2v) is 2.91. The molecule has 0 aromatic carbocycles. The van der Waals surface area contributed by atoms with Crippen LogP contribution < -0.4 is 3.53 Å². The van der Waals surface area contributed by atoms with Gasteiger partial charge in [-0.15, -0.1) is 5.10 Å². The minimum absolute atomic E-state index is 0.221. The highest BCUT2D eigenvalue weighted by Gasteiger charge is 2.07. The SMILES string of the molecule is O=C(NI)c1cn(CI)nn1. The van der Waals surface area contributed by atoms with Crippen molar-refractivity contribution in [3.05, 3.63) is 11.9 Å². The molecular formula is C4H4I2N4O. The molecule has 60 valence electrons. The molecule has 0 atom stereocenters. The van der Waals surface area contributed by atoms with Crippen LogP contribution >= 0.6 is 45.5 Å². The van der Waals surface area contributed by atoms with Gasteiger partial charge in [0.15, 0.2) is 5.69 Å². The average molecular weight is 378 g/mol. The Labute approximate surface area is 90.5 Å². The van der Waals surface area contributed by atoms with Gasteiger partial charge in [-0.05, 0) is 0 Å². The van der Waals surface area contributed by atoms with Crippen molar-refractivity contribution < 1.29 is 4.79 Å². The summed E-state index contributed by atoms with van der Waals surface area (Å²) in [7, 11) is 0. The summed E-state index contributed by atoms with van der Waals surface area (Å²) >= 11 is 3.89. The minimum atomic E-state index is -0.221. The fraction of sp³-hybridized carbons (Fsp3) is 0.250. The molecule has 7 heteroatoms. The fourth-order valence-electron chi connectivity index (χ4n) is 0.509. The Morgan fingerprint density at radius 2 is 2.55 bits per heavy atom. The summed E-state index contributed by atoms with van der Waals surface area (Å²) in [6.07, 6.45) is 1.60. The first kappa shape index (κ1) is 9.16. The number of hydrogen-bond donors (Lipinski definition) is 1. The van der Waals surface area contributed by atoms with Gasteiger partial charge < -0.3 is 0 Å². The van der Waals surface area contributed by atoms with Crippen LogP contribution in [0.2, 0.25) is 0 Å². The summed E-state index contributed by atoms with van der Waals surface area (Å²) in [5.41, 5.74) is 0.344. The molecule has 0 aliphatic carbocycles. The molecule has 0 saturated carbocycles. The molecule has 0 unspecified atom stereocenters. The molecule has 1 heterocycles. The monoisotopic (exact) mass is 378 g/mol. The van der Waals surface area contributed by atoms with Crippen molar-refractivity contribution in [2.45, 2.75) is 4.55 Å². The predicted octanol–water partition coefficient (Wildman–Crippen LogP) is 0.750. The molecule has 1 aromatic heterocycles. The molecule has 0 radical (unpaired) electrons.